The lowest BCUT2D eigenvalue weighted by molar-refractivity contribution is -0.137. The van der Waals surface area contributed by atoms with Crippen molar-refractivity contribution in [3.8, 4) is 11.5 Å². The Bertz CT molecular complexity index is 2700. The molecule has 8 aromatic rings. The number of hydrogen-bond acceptors (Lipinski definition) is 9. The molecule has 0 saturated carbocycles. The number of rotatable bonds is 5. The van der Waals surface area contributed by atoms with Crippen LogP contribution in [0.25, 0.3) is 21.8 Å². The van der Waals surface area contributed by atoms with Crippen molar-refractivity contribution in [2.45, 2.75) is 33.0 Å². The summed E-state index contributed by atoms with van der Waals surface area (Å²) in [4.78, 5) is 26.7. The van der Waals surface area contributed by atoms with Crippen molar-refractivity contribution in [2.75, 3.05) is 11.1 Å². The van der Waals surface area contributed by atoms with E-state index in [9.17, 15) is 28.2 Å². The minimum Gasteiger partial charge on any atom is -0.506 e. The highest BCUT2D eigenvalue weighted by Crippen LogP contribution is 2.37. The predicted molar refractivity (Wildman–Crippen MR) is 233 cm³/mol. The van der Waals surface area contributed by atoms with Gasteiger partial charge < -0.3 is 21.3 Å². The van der Waals surface area contributed by atoms with Crippen molar-refractivity contribution < 1.29 is 28.2 Å². The number of nitrogens with zero attached hydrogens (tertiary/aromatic N) is 4. The van der Waals surface area contributed by atoms with Gasteiger partial charge in [-0.2, -0.15) is 13.2 Å². The second-order valence-corrected chi connectivity index (χ2v) is 14.2. The van der Waals surface area contributed by atoms with Crippen LogP contribution < -0.4 is 11.1 Å². The number of aromatic hydroxyl groups is 2. The number of carbonyl (C=O) groups excluding carboxylic acids is 1. The van der Waals surface area contributed by atoms with Gasteiger partial charge in [-0.15, -0.1) is 0 Å². The predicted octanol–water partition coefficient (Wildman–Crippen LogP) is 11.9. The summed E-state index contributed by atoms with van der Waals surface area (Å²) in [7, 11) is 0. The zero-order valence-corrected chi connectivity index (χ0v) is 34.0. The largest absolute Gasteiger partial charge is 0.506 e. The molecule has 5 N–H and O–H groups in total. The third-order valence-electron chi connectivity index (χ3n) is 8.90. The van der Waals surface area contributed by atoms with E-state index in [0.29, 0.717) is 33.2 Å². The number of aryl methyl sites for hydroxylation is 3. The number of aromatic nitrogens is 4. The SMILES string of the molecule is Cc1cc(Cl)cnc1N.Cc1ccc(C(Nc2ncc(Cl)cc2C)c2ccc3cccnc3c2O)cc1.O=Cc1ccc(C(F)(F)F)cc1.Oc1cccc2cccnc12. The summed E-state index contributed by atoms with van der Waals surface area (Å²) in [5.41, 5.74) is 10.9. The van der Waals surface area contributed by atoms with Crippen molar-refractivity contribution in [1.82, 2.24) is 19.9 Å². The fourth-order valence-corrected chi connectivity index (χ4v) is 6.12. The number of carbonyl (C=O) groups is 1. The average molecular weight is 852 g/mol. The molecule has 0 fully saturated rings. The van der Waals surface area contributed by atoms with Crippen LogP contribution in [0.3, 0.4) is 0 Å². The molecule has 0 radical (unpaired) electrons. The van der Waals surface area contributed by atoms with Gasteiger partial charge in [0.05, 0.1) is 21.7 Å². The van der Waals surface area contributed by atoms with E-state index in [1.165, 1.54) is 11.8 Å². The Morgan fingerprint density at radius 2 is 1.28 bits per heavy atom. The Labute approximate surface area is 354 Å². The van der Waals surface area contributed by atoms with Crippen LogP contribution in [0.15, 0.2) is 140 Å². The lowest BCUT2D eigenvalue weighted by Gasteiger charge is -2.23. The summed E-state index contributed by atoms with van der Waals surface area (Å²) in [6.45, 7) is 5.87. The number of halogens is 5. The summed E-state index contributed by atoms with van der Waals surface area (Å²) in [6, 6.07) is 32.4. The van der Waals surface area contributed by atoms with Gasteiger partial charge in [0.25, 0.3) is 0 Å². The Morgan fingerprint density at radius 3 is 1.85 bits per heavy atom. The maximum absolute atomic E-state index is 11.9. The molecule has 4 aromatic carbocycles. The number of alkyl halides is 3. The van der Waals surface area contributed by atoms with Gasteiger partial charge in [-0.1, -0.05) is 102 Å². The fraction of sp³-hybridized carbons (Fsp3) is 0.109. The molecule has 0 spiro atoms. The first-order valence-corrected chi connectivity index (χ1v) is 18.9. The summed E-state index contributed by atoms with van der Waals surface area (Å²) >= 11 is 11.7. The maximum Gasteiger partial charge on any atom is 0.416 e. The first-order chi connectivity index (χ1) is 28.6. The van der Waals surface area contributed by atoms with Crippen LogP contribution in [0.2, 0.25) is 10.0 Å². The summed E-state index contributed by atoms with van der Waals surface area (Å²) in [6.07, 6.45) is 2.67. The van der Waals surface area contributed by atoms with E-state index in [2.05, 4.69) is 56.4 Å². The highest BCUT2D eigenvalue weighted by atomic mass is 35.5. The van der Waals surface area contributed by atoms with Gasteiger partial charge in [0, 0.05) is 46.7 Å². The van der Waals surface area contributed by atoms with Crippen LogP contribution in [0.4, 0.5) is 24.8 Å². The third-order valence-corrected chi connectivity index (χ3v) is 9.31. The number of hydrogen-bond donors (Lipinski definition) is 4. The standard InChI is InChI=1S/C23H20ClN3O.C9H7NO.C8H5F3O.C6H7ClN2/c1-14-5-7-17(8-6-14)20(27-23-15(2)12-18(24)13-26-23)19-10-9-16-4-3-11-25-21(16)22(19)28;11-8-5-1-3-7-4-2-6-10-9(7)8;9-8(10,11)7-3-1-6(5-12)2-4-7;1-4-2-5(7)3-9-6(4)8/h3-13,20,28H,1-2H3,(H,26,27);1-6,11H;1-5H;2-3H,1H3,(H2,8,9). The molecule has 1 atom stereocenters. The number of aldehydes is 1. The Hall–Kier alpha value is -6.76. The maximum atomic E-state index is 11.9. The number of nitrogen functional groups attached to an aromatic ring is 1. The number of para-hydroxylation sites is 1. The molecule has 4 heterocycles. The third kappa shape index (κ3) is 11.9. The quantitative estimate of drug-likeness (QED) is 0.124. The lowest BCUT2D eigenvalue weighted by atomic mass is 9.95. The molecule has 306 valence electrons. The van der Waals surface area contributed by atoms with Crippen LogP contribution in [0, 0.1) is 20.8 Å². The van der Waals surface area contributed by atoms with Gasteiger partial charge in [0.2, 0.25) is 0 Å². The van der Waals surface area contributed by atoms with Gasteiger partial charge in [-0.3, -0.25) is 14.8 Å². The Balaban J connectivity index is 0.000000175. The highest BCUT2D eigenvalue weighted by Gasteiger charge is 2.29. The van der Waals surface area contributed by atoms with Crippen LogP contribution >= 0.6 is 23.2 Å². The monoisotopic (exact) mass is 850 g/mol. The molecule has 1 unspecified atom stereocenters. The molecule has 0 aliphatic heterocycles. The van der Waals surface area contributed by atoms with Crippen molar-refractivity contribution >= 4 is 62.9 Å². The summed E-state index contributed by atoms with van der Waals surface area (Å²) < 4.78 is 35.8. The Morgan fingerprint density at radius 1 is 0.700 bits per heavy atom. The normalized spacial score (nSPS) is 11.2. The highest BCUT2D eigenvalue weighted by molar-refractivity contribution is 6.30. The van der Waals surface area contributed by atoms with E-state index in [1.807, 2.05) is 62.4 Å². The molecule has 14 heteroatoms. The van der Waals surface area contributed by atoms with E-state index >= 15 is 0 Å². The van der Waals surface area contributed by atoms with E-state index in [4.69, 9.17) is 28.9 Å². The number of phenolic OH excluding ortho intramolecular Hbond substituents is 2. The molecule has 0 aliphatic carbocycles. The number of benzene rings is 4. The zero-order valence-electron chi connectivity index (χ0n) is 32.5. The Kier molecular flexibility index (Phi) is 15.0. The lowest BCUT2D eigenvalue weighted by Crippen LogP contribution is -2.14. The van der Waals surface area contributed by atoms with Gasteiger partial charge in [0.1, 0.15) is 40.5 Å². The topological polar surface area (TPSA) is 147 Å². The number of nitrogens with two attached hydrogens (primary N) is 1. The molecule has 9 nitrogen and oxygen atoms in total. The van der Waals surface area contributed by atoms with Crippen molar-refractivity contribution in [1.29, 1.82) is 0 Å². The van der Waals surface area contributed by atoms with Crippen LogP contribution in [0.1, 0.15) is 49.8 Å². The molecular formula is C46H39Cl2F3N6O3. The number of pyridine rings is 4. The molecule has 0 bridgehead atoms. The number of anilines is 2. The first-order valence-electron chi connectivity index (χ1n) is 18.2. The van der Waals surface area contributed by atoms with Gasteiger partial charge in [-0.05, 0) is 79.9 Å². The molecule has 60 heavy (non-hydrogen) atoms. The molecule has 8 rings (SSSR count). The fourth-order valence-electron chi connectivity index (χ4n) is 5.70. The van der Waals surface area contributed by atoms with Crippen molar-refractivity contribution in [3.05, 3.63) is 189 Å². The van der Waals surface area contributed by atoms with Crippen LogP contribution in [-0.4, -0.2) is 36.4 Å². The van der Waals surface area contributed by atoms with Crippen molar-refractivity contribution in [2.24, 2.45) is 0 Å². The number of nitrogens with one attached hydrogen (secondary N) is 1. The molecule has 0 amide bonds. The smallest absolute Gasteiger partial charge is 0.416 e. The molecule has 4 aromatic heterocycles. The minimum absolute atomic E-state index is 0.169. The zero-order chi connectivity index (χ0) is 43.4. The van der Waals surface area contributed by atoms with Crippen LogP contribution in [-0.2, 0) is 6.18 Å². The van der Waals surface area contributed by atoms with E-state index < -0.39 is 11.7 Å². The molecule has 0 saturated heterocycles. The van der Waals surface area contributed by atoms with E-state index in [1.54, 1.807) is 36.8 Å². The molecule has 0 aliphatic rings. The second kappa shape index (κ2) is 20.3. The minimum atomic E-state index is -4.33. The van der Waals surface area contributed by atoms with Gasteiger partial charge in [-0.25, -0.2) is 9.97 Å². The summed E-state index contributed by atoms with van der Waals surface area (Å²) in [5.74, 6) is 1.67. The first kappa shape index (κ1) is 44.3. The number of fused-ring (bicyclic) bond motifs is 2. The summed E-state index contributed by atoms with van der Waals surface area (Å²) in [5, 5.41) is 26.8. The molecular weight excluding hydrogens is 812 g/mol. The van der Waals surface area contributed by atoms with E-state index in [0.717, 1.165) is 63.1 Å². The van der Waals surface area contributed by atoms with Gasteiger partial charge >= 0.3 is 6.18 Å². The van der Waals surface area contributed by atoms with Crippen LogP contribution in [0.5, 0.6) is 11.5 Å². The van der Waals surface area contributed by atoms with E-state index in [-0.39, 0.29) is 23.1 Å². The number of phenols is 2. The van der Waals surface area contributed by atoms with Gasteiger partial charge in [0.15, 0.2) is 0 Å². The second-order valence-electron chi connectivity index (χ2n) is 13.3. The average Bonchev–Trinajstić information content (AvgIpc) is 3.24. The van der Waals surface area contributed by atoms with Crippen molar-refractivity contribution in [3.63, 3.8) is 0 Å².